The SMILES string of the molecule is C[Si](C)(C)CCOC(=O)N(CCc1cccc(Br)c1)Cc1ccccc1. The van der Waals surface area contributed by atoms with E-state index in [2.05, 4.69) is 47.7 Å². The van der Waals surface area contributed by atoms with Gasteiger partial charge in [0.25, 0.3) is 0 Å². The predicted octanol–water partition coefficient (Wildman–Crippen LogP) is 5.97. The van der Waals surface area contributed by atoms with Crippen LogP contribution < -0.4 is 0 Å². The molecule has 140 valence electrons. The van der Waals surface area contributed by atoms with Crippen LogP contribution in [0.4, 0.5) is 4.79 Å². The highest BCUT2D eigenvalue weighted by molar-refractivity contribution is 9.10. The van der Waals surface area contributed by atoms with Gasteiger partial charge in [0.05, 0.1) is 6.61 Å². The highest BCUT2D eigenvalue weighted by atomic mass is 79.9. The van der Waals surface area contributed by atoms with Crippen molar-refractivity contribution in [2.24, 2.45) is 0 Å². The molecule has 2 rings (SSSR count). The van der Waals surface area contributed by atoms with Crippen LogP contribution in [0, 0.1) is 0 Å². The van der Waals surface area contributed by atoms with Gasteiger partial charge in [0.2, 0.25) is 0 Å². The Kier molecular flexibility index (Phi) is 7.91. The molecule has 0 aliphatic carbocycles. The van der Waals surface area contributed by atoms with Crippen molar-refractivity contribution >= 4 is 30.1 Å². The summed E-state index contributed by atoms with van der Waals surface area (Å²) >= 11 is 3.50. The molecule has 2 aromatic rings. The maximum absolute atomic E-state index is 12.6. The first-order chi connectivity index (χ1) is 12.3. The molecular formula is C21H28BrNO2Si. The largest absolute Gasteiger partial charge is 0.450 e. The van der Waals surface area contributed by atoms with E-state index in [1.54, 1.807) is 4.90 Å². The normalized spacial score (nSPS) is 11.2. The summed E-state index contributed by atoms with van der Waals surface area (Å²) < 4.78 is 6.63. The molecule has 2 aromatic carbocycles. The summed E-state index contributed by atoms with van der Waals surface area (Å²) in [6.07, 6.45) is 0.581. The minimum Gasteiger partial charge on any atom is -0.450 e. The Morgan fingerprint density at radius 1 is 1.04 bits per heavy atom. The molecule has 0 fully saturated rings. The summed E-state index contributed by atoms with van der Waals surface area (Å²) in [4.78, 5) is 14.4. The molecule has 0 atom stereocenters. The quantitative estimate of drug-likeness (QED) is 0.479. The number of rotatable bonds is 8. The molecule has 0 bridgehead atoms. The van der Waals surface area contributed by atoms with Gasteiger partial charge in [-0.2, -0.15) is 0 Å². The molecule has 0 radical (unpaired) electrons. The van der Waals surface area contributed by atoms with Crippen LogP contribution in [-0.2, 0) is 17.7 Å². The van der Waals surface area contributed by atoms with E-state index in [1.165, 1.54) is 5.56 Å². The zero-order chi connectivity index (χ0) is 19.0. The fourth-order valence-corrected chi connectivity index (χ4v) is 3.69. The van der Waals surface area contributed by atoms with E-state index < -0.39 is 8.07 Å². The molecule has 1 amide bonds. The highest BCUT2D eigenvalue weighted by Gasteiger charge is 2.18. The van der Waals surface area contributed by atoms with Crippen LogP contribution in [0.5, 0.6) is 0 Å². The molecule has 0 saturated heterocycles. The number of nitrogens with zero attached hydrogens (tertiary/aromatic N) is 1. The Labute approximate surface area is 166 Å². The zero-order valence-corrected chi connectivity index (χ0v) is 18.5. The lowest BCUT2D eigenvalue weighted by atomic mass is 10.1. The third kappa shape index (κ3) is 7.75. The van der Waals surface area contributed by atoms with E-state index in [9.17, 15) is 4.79 Å². The Balaban J connectivity index is 1.99. The van der Waals surface area contributed by atoms with Gasteiger partial charge in [0.15, 0.2) is 0 Å². The van der Waals surface area contributed by atoms with Crippen LogP contribution >= 0.6 is 15.9 Å². The molecule has 0 saturated carbocycles. The first-order valence-corrected chi connectivity index (χ1v) is 13.5. The van der Waals surface area contributed by atoms with Crippen molar-refractivity contribution in [3.05, 3.63) is 70.2 Å². The van der Waals surface area contributed by atoms with Crippen LogP contribution in [0.2, 0.25) is 25.7 Å². The van der Waals surface area contributed by atoms with Gasteiger partial charge in [0.1, 0.15) is 0 Å². The average molecular weight is 434 g/mol. The second-order valence-electron chi connectivity index (χ2n) is 7.71. The lowest BCUT2D eigenvalue weighted by Gasteiger charge is -2.23. The summed E-state index contributed by atoms with van der Waals surface area (Å²) in [5.41, 5.74) is 2.32. The van der Waals surface area contributed by atoms with E-state index in [0.717, 1.165) is 22.5 Å². The third-order valence-electron chi connectivity index (χ3n) is 4.11. The maximum Gasteiger partial charge on any atom is 0.410 e. The fourth-order valence-electron chi connectivity index (χ4n) is 2.53. The Bertz CT molecular complexity index is 701. The van der Waals surface area contributed by atoms with E-state index >= 15 is 0 Å². The summed E-state index contributed by atoms with van der Waals surface area (Å²) in [5, 5.41) is 0. The van der Waals surface area contributed by atoms with Gasteiger partial charge < -0.3 is 9.64 Å². The fraction of sp³-hybridized carbons (Fsp3) is 0.381. The molecule has 0 aromatic heterocycles. The lowest BCUT2D eigenvalue weighted by molar-refractivity contribution is 0.105. The number of hydrogen-bond acceptors (Lipinski definition) is 2. The second-order valence-corrected chi connectivity index (χ2v) is 14.2. The minimum absolute atomic E-state index is 0.220. The van der Waals surface area contributed by atoms with Crippen LogP contribution in [0.1, 0.15) is 11.1 Å². The molecule has 0 aliphatic rings. The predicted molar refractivity (Wildman–Crippen MR) is 114 cm³/mol. The van der Waals surface area contributed by atoms with E-state index in [1.807, 2.05) is 42.5 Å². The van der Waals surface area contributed by atoms with Crippen LogP contribution in [0.3, 0.4) is 0 Å². The topological polar surface area (TPSA) is 29.5 Å². The Hall–Kier alpha value is -1.59. The van der Waals surface area contributed by atoms with Crippen molar-refractivity contribution < 1.29 is 9.53 Å². The zero-order valence-electron chi connectivity index (χ0n) is 15.9. The Morgan fingerprint density at radius 2 is 1.73 bits per heavy atom. The van der Waals surface area contributed by atoms with Crippen LogP contribution in [0.25, 0.3) is 0 Å². The monoisotopic (exact) mass is 433 g/mol. The number of halogens is 1. The number of carbonyl (C=O) groups excluding carboxylic acids is 1. The molecule has 0 aliphatic heterocycles. The molecule has 0 N–H and O–H groups in total. The molecule has 0 heterocycles. The van der Waals surface area contributed by atoms with Gasteiger partial charge in [-0.25, -0.2) is 4.79 Å². The molecular weight excluding hydrogens is 406 g/mol. The molecule has 0 unspecified atom stereocenters. The summed E-state index contributed by atoms with van der Waals surface area (Å²) in [7, 11) is -1.21. The second kappa shape index (κ2) is 9.93. The number of ether oxygens (including phenoxy) is 1. The summed E-state index contributed by atoms with van der Waals surface area (Å²) in [6.45, 7) is 8.58. The first-order valence-electron chi connectivity index (χ1n) is 9.03. The standard InChI is InChI=1S/C21H28BrNO2Si/c1-26(2,3)15-14-25-21(24)23(17-19-8-5-4-6-9-19)13-12-18-10-7-11-20(22)16-18/h4-11,16H,12-15,17H2,1-3H3. The average Bonchev–Trinajstić information content (AvgIpc) is 2.58. The van der Waals surface area contributed by atoms with Crippen LogP contribution in [-0.4, -0.2) is 32.2 Å². The smallest absolute Gasteiger partial charge is 0.410 e. The molecule has 3 nitrogen and oxygen atoms in total. The van der Waals surface area contributed by atoms with Crippen molar-refractivity contribution in [3.63, 3.8) is 0 Å². The molecule has 0 spiro atoms. The van der Waals surface area contributed by atoms with Gasteiger partial charge in [-0.15, -0.1) is 0 Å². The summed E-state index contributed by atoms with van der Waals surface area (Å²) in [5.74, 6) is 0. The van der Waals surface area contributed by atoms with Gasteiger partial charge in [-0.05, 0) is 35.7 Å². The number of carbonyl (C=O) groups is 1. The van der Waals surface area contributed by atoms with Gasteiger partial charge in [-0.1, -0.05) is 78.0 Å². The van der Waals surface area contributed by atoms with Crippen molar-refractivity contribution in [2.45, 2.75) is 38.7 Å². The van der Waals surface area contributed by atoms with Crippen molar-refractivity contribution in [1.82, 2.24) is 4.90 Å². The van der Waals surface area contributed by atoms with Gasteiger partial charge >= 0.3 is 6.09 Å². The Morgan fingerprint density at radius 3 is 2.38 bits per heavy atom. The van der Waals surface area contributed by atoms with E-state index in [0.29, 0.717) is 19.7 Å². The minimum atomic E-state index is -1.21. The van der Waals surface area contributed by atoms with Gasteiger partial charge in [-0.3, -0.25) is 0 Å². The first kappa shape index (κ1) is 20.7. The lowest BCUT2D eigenvalue weighted by Crippen LogP contribution is -2.34. The third-order valence-corrected chi connectivity index (χ3v) is 6.31. The van der Waals surface area contributed by atoms with Crippen LogP contribution in [0.15, 0.2) is 59.1 Å². The van der Waals surface area contributed by atoms with Crippen molar-refractivity contribution in [3.8, 4) is 0 Å². The highest BCUT2D eigenvalue weighted by Crippen LogP contribution is 2.14. The maximum atomic E-state index is 12.6. The van der Waals surface area contributed by atoms with E-state index in [4.69, 9.17) is 4.74 Å². The summed E-state index contributed by atoms with van der Waals surface area (Å²) in [6, 6.07) is 19.3. The molecule has 5 heteroatoms. The van der Waals surface area contributed by atoms with Gasteiger partial charge in [0, 0.05) is 25.6 Å². The number of hydrogen-bond donors (Lipinski definition) is 0. The van der Waals surface area contributed by atoms with Crippen molar-refractivity contribution in [2.75, 3.05) is 13.2 Å². The van der Waals surface area contributed by atoms with Crippen molar-refractivity contribution in [1.29, 1.82) is 0 Å². The number of amides is 1. The van der Waals surface area contributed by atoms with E-state index in [-0.39, 0.29) is 6.09 Å². The number of benzene rings is 2. The molecule has 26 heavy (non-hydrogen) atoms.